The molecule has 1 aliphatic rings. The highest BCUT2D eigenvalue weighted by Crippen LogP contribution is 2.50. The molecule has 0 bridgehead atoms. The van der Waals surface area contributed by atoms with Gasteiger partial charge >= 0.3 is 0 Å². The molecule has 1 aliphatic carbocycles. The third-order valence-electron chi connectivity index (χ3n) is 3.77. The summed E-state index contributed by atoms with van der Waals surface area (Å²) < 4.78 is 69.4. The molecule has 25 heavy (non-hydrogen) atoms. The van der Waals surface area contributed by atoms with E-state index in [9.17, 15) is 27.0 Å². The first-order chi connectivity index (χ1) is 11.8. The molecule has 0 saturated carbocycles. The Morgan fingerprint density at radius 2 is 1.96 bits per heavy atom. The molecule has 0 fully saturated rings. The Balaban J connectivity index is 2.12. The molecular formula is C16H9F3NO4S-. The molecule has 0 heterocycles. The van der Waals surface area contributed by atoms with Crippen LogP contribution in [-0.4, -0.2) is 20.0 Å². The Bertz CT molecular complexity index is 915. The molecule has 0 aliphatic heterocycles. The Morgan fingerprint density at radius 3 is 2.60 bits per heavy atom. The average molecular weight is 368 g/mol. The van der Waals surface area contributed by atoms with Crippen LogP contribution in [0.25, 0.3) is 0 Å². The van der Waals surface area contributed by atoms with Crippen LogP contribution in [0.3, 0.4) is 0 Å². The van der Waals surface area contributed by atoms with E-state index in [-0.39, 0.29) is 17.1 Å². The van der Waals surface area contributed by atoms with Gasteiger partial charge in [0.15, 0.2) is 12.3 Å². The van der Waals surface area contributed by atoms with E-state index in [1.807, 2.05) is 0 Å². The van der Waals surface area contributed by atoms with E-state index >= 15 is 0 Å². The maximum absolute atomic E-state index is 14.2. The number of hydrogen-bond donors (Lipinski definition) is 1. The topological polar surface area (TPSA) is 93.4 Å². The first kappa shape index (κ1) is 17.4. The van der Waals surface area contributed by atoms with Crippen molar-refractivity contribution in [1.82, 2.24) is 0 Å². The summed E-state index contributed by atoms with van der Waals surface area (Å²) in [6.45, 7) is 0. The Morgan fingerprint density at radius 1 is 1.24 bits per heavy atom. The summed E-state index contributed by atoms with van der Waals surface area (Å²) in [6, 6.07) is 6.89. The third-order valence-corrected chi connectivity index (χ3v) is 4.48. The van der Waals surface area contributed by atoms with E-state index in [1.165, 1.54) is 6.07 Å². The second kappa shape index (κ2) is 6.48. The van der Waals surface area contributed by atoms with Gasteiger partial charge in [-0.25, -0.2) is 13.2 Å². The number of nitriles is 1. The van der Waals surface area contributed by atoms with E-state index in [0.717, 1.165) is 24.3 Å². The van der Waals surface area contributed by atoms with Gasteiger partial charge in [0.05, 0.1) is 11.6 Å². The standard InChI is InChI=1S/C16H10F3NO4S/c17-8-3-7(6-20)4-9(5-8)24-10-1-2-11(25(22)23)13-12(10)14(18)15(19)16(13)21/h1-5,14-16,21H,(H,22,23)/p-1. The average Bonchev–Trinajstić information content (AvgIpc) is 2.79. The summed E-state index contributed by atoms with van der Waals surface area (Å²) in [5.41, 5.74) is -0.934. The minimum atomic E-state index is -2.83. The lowest BCUT2D eigenvalue weighted by Crippen LogP contribution is -2.10. The van der Waals surface area contributed by atoms with Crippen LogP contribution in [0.2, 0.25) is 0 Å². The number of benzene rings is 2. The van der Waals surface area contributed by atoms with Gasteiger partial charge in [-0.1, -0.05) is 0 Å². The highest BCUT2D eigenvalue weighted by Gasteiger charge is 2.44. The zero-order chi connectivity index (χ0) is 18.3. The highest BCUT2D eigenvalue weighted by atomic mass is 32.2. The predicted molar refractivity (Wildman–Crippen MR) is 78.5 cm³/mol. The van der Waals surface area contributed by atoms with Crippen molar-refractivity contribution in [3.63, 3.8) is 0 Å². The summed E-state index contributed by atoms with van der Waals surface area (Å²) in [7, 11) is 0. The molecule has 0 saturated heterocycles. The number of nitrogens with zero attached hydrogens (tertiary/aromatic N) is 1. The highest BCUT2D eigenvalue weighted by molar-refractivity contribution is 7.79. The molecular weight excluding hydrogens is 359 g/mol. The molecule has 2 aromatic rings. The third kappa shape index (κ3) is 3.00. The van der Waals surface area contributed by atoms with Crippen LogP contribution < -0.4 is 4.74 Å². The monoisotopic (exact) mass is 368 g/mol. The molecule has 3 rings (SSSR count). The van der Waals surface area contributed by atoms with Gasteiger partial charge in [0.2, 0.25) is 0 Å². The molecule has 130 valence electrons. The fourth-order valence-corrected chi connectivity index (χ4v) is 3.30. The zero-order valence-electron chi connectivity index (χ0n) is 12.3. The number of halogens is 3. The number of aliphatic hydroxyl groups excluding tert-OH is 1. The number of rotatable bonds is 3. The SMILES string of the molecule is N#Cc1cc(F)cc(Oc2ccc(S(=O)[O-])c3c2C(F)C(F)C3O)c1. The van der Waals surface area contributed by atoms with Crippen molar-refractivity contribution in [3.8, 4) is 17.6 Å². The fourth-order valence-electron chi connectivity index (χ4n) is 2.71. The molecule has 0 radical (unpaired) electrons. The van der Waals surface area contributed by atoms with Crippen molar-refractivity contribution >= 4 is 11.1 Å². The summed E-state index contributed by atoms with van der Waals surface area (Å²) >= 11 is -2.83. The fraction of sp³-hybridized carbons (Fsp3) is 0.188. The van der Waals surface area contributed by atoms with Crippen LogP contribution in [0, 0.1) is 17.1 Å². The number of hydrogen-bond acceptors (Lipinski definition) is 5. The van der Waals surface area contributed by atoms with E-state index in [4.69, 9.17) is 10.00 Å². The summed E-state index contributed by atoms with van der Waals surface area (Å²) in [6.07, 6.45) is -6.64. The largest absolute Gasteiger partial charge is 0.768 e. The second-order valence-corrected chi connectivity index (χ2v) is 6.21. The van der Waals surface area contributed by atoms with Gasteiger partial charge in [0.25, 0.3) is 0 Å². The van der Waals surface area contributed by atoms with E-state index in [0.29, 0.717) is 0 Å². The lowest BCUT2D eigenvalue weighted by Gasteiger charge is -2.17. The van der Waals surface area contributed by atoms with E-state index < -0.39 is 51.4 Å². The zero-order valence-corrected chi connectivity index (χ0v) is 13.1. The van der Waals surface area contributed by atoms with Gasteiger partial charge < -0.3 is 14.4 Å². The summed E-state index contributed by atoms with van der Waals surface area (Å²) in [5, 5.41) is 18.7. The second-order valence-electron chi connectivity index (χ2n) is 5.30. The van der Waals surface area contributed by atoms with Crippen LogP contribution in [-0.2, 0) is 11.1 Å². The summed E-state index contributed by atoms with van der Waals surface area (Å²) in [5.74, 6) is -1.20. The Hall–Kier alpha value is -2.41. The van der Waals surface area contributed by atoms with Gasteiger partial charge in [0.1, 0.15) is 23.4 Å². The number of fused-ring (bicyclic) bond motifs is 1. The van der Waals surface area contributed by atoms with Crippen LogP contribution in [0.5, 0.6) is 11.5 Å². The van der Waals surface area contributed by atoms with Crippen molar-refractivity contribution in [3.05, 3.63) is 52.8 Å². The van der Waals surface area contributed by atoms with Crippen molar-refractivity contribution in [2.45, 2.75) is 23.3 Å². The predicted octanol–water partition coefficient (Wildman–Crippen LogP) is 3.12. The molecule has 4 unspecified atom stereocenters. The van der Waals surface area contributed by atoms with Crippen molar-refractivity contribution < 1.29 is 31.8 Å². The van der Waals surface area contributed by atoms with E-state index in [1.54, 1.807) is 6.07 Å². The molecule has 0 aromatic heterocycles. The normalized spacial score (nSPS) is 23.0. The quantitative estimate of drug-likeness (QED) is 0.840. The number of ether oxygens (including phenoxy) is 1. The molecule has 0 spiro atoms. The molecule has 5 nitrogen and oxygen atoms in total. The van der Waals surface area contributed by atoms with Crippen molar-refractivity contribution in [2.75, 3.05) is 0 Å². The van der Waals surface area contributed by atoms with Crippen LogP contribution in [0.4, 0.5) is 13.2 Å². The van der Waals surface area contributed by atoms with Gasteiger partial charge in [-0.3, -0.25) is 4.21 Å². The molecule has 1 N–H and O–H groups in total. The maximum atomic E-state index is 14.2. The minimum Gasteiger partial charge on any atom is -0.768 e. The van der Waals surface area contributed by atoms with Crippen LogP contribution in [0.1, 0.15) is 29.0 Å². The van der Waals surface area contributed by atoms with Gasteiger partial charge in [-0.05, 0) is 35.3 Å². The lowest BCUT2D eigenvalue weighted by atomic mass is 10.1. The summed E-state index contributed by atoms with van der Waals surface area (Å²) in [4.78, 5) is -0.449. The van der Waals surface area contributed by atoms with Crippen LogP contribution >= 0.6 is 0 Å². The van der Waals surface area contributed by atoms with Crippen molar-refractivity contribution in [2.24, 2.45) is 0 Å². The van der Waals surface area contributed by atoms with Gasteiger partial charge in [0, 0.05) is 22.1 Å². The van der Waals surface area contributed by atoms with Crippen LogP contribution in [0.15, 0.2) is 35.2 Å². The molecule has 0 amide bonds. The number of aliphatic hydroxyl groups is 1. The van der Waals surface area contributed by atoms with Gasteiger partial charge in [-0.15, -0.1) is 0 Å². The molecule has 2 aromatic carbocycles. The lowest BCUT2D eigenvalue weighted by molar-refractivity contribution is 0.0454. The number of alkyl halides is 2. The Labute approximate surface area is 142 Å². The maximum Gasteiger partial charge on any atom is 0.165 e. The van der Waals surface area contributed by atoms with Crippen molar-refractivity contribution in [1.29, 1.82) is 5.26 Å². The first-order valence-corrected chi connectivity index (χ1v) is 8.01. The van der Waals surface area contributed by atoms with E-state index in [2.05, 4.69) is 0 Å². The Kier molecular flexibility index (Phi) is 4.51. The first-order valence-electron chi connectivity index (χ1n) is 6.94. The smallest absolute Gasteiger partial charge is 0.165 e. The molecule has 9 heteroatoms. The minimum absolute atomic E-state index is 0.0517. The molecule has 4 atom stereocenters. The van der Waals surface area contributed by atoms with Gasteiger partial charge in [-0.2, -0.15) is 5.26 Å².